The summed E-state index contributed by atoms with van der Waals surface area (Å²) in [5.41, 5.74) is 0.541. The van der Waals surface area contributed by atoms with Gasteiger partial charge in [0.05, 0.1) is 0 Å². The Labute approximate surface area is 124 Å². The average molecular weight is 297 g/mol. The molecule has 1 fully saturated rings. The van der Waals surface area contributed by atoms with Crippen LogP contribution in [-0.2, 0) is 0 Å². The lowest BCUT2D eigenvalue weighted by Gasteiger charge is -2.14. The molecule has 0 radical (unpaired) electrons. The molecule has 20 heavy (non-hydrogen) atoms. The van der Waals surface area contributed by atoms with E-state index >= 15 is 0 Å². The van der Waals surface area contributed by atoms with Crippen molar-refractivity contribution in [2.45, 2.75) is 13.3 Å². The fraction of sp³-hybridized carbons (Fsp3) is 0.571. The normalized spacial score (nSPS) is 19.1. The number of halogens is 1. The smallest absolute Gasteiger partial charge is 0.251 e. The molecule has 6 heteroatoms. The third kappa shape index (κ3) is 3.84. The van der Waals surface area contributed by atoms with Crippen molar-refractivity contribution in [3.63, 3.8) is 0 Å². The van der Waals surface area contributed by atoms with Crippen LogP contribution in [0.2, 0.25) is 5.15 Å². The topological polar surface area (TPSA) is 57.3 Å². The van der Waals surface area contributed by atoms with E-state index in [1.165, 1.54) is 0 Å². The Morgan fingerprint density at radius 2 is 2.35 bits per heavy atom. The molecule has 1 aromatic heterocycles. The van der Waals surface area contributed by atoms with Crippen LogP contribution in [0.4, 0.5) is 5.82 Å². The van der Waals surface area contributed by atoms with E-state index < -0.39 is 0 Å². The molecular weight excluding hydrogens is 276 g/mol. The van der Waals surface area contributed by atoms with Crippen LogP contribution in [0.3, 0.4) is 0 Å². The van der Waals surface area contributed by atoms with Gasteiger partial charge in [0.2, 0.25) is 0 Å². The Bertz CT molecular complexity index is 480. The molecule has 2 heterocycles. The van der Waals surface area contributed by atoms with E-state index in [1.807, 2.05) is 0 Å². The number of nitrogens with one attached hydrogen (secondary N) is 2. The Morgan fingerprint density at radius 3 is 3.00 bits per heavy atom. The van der Waals surface area contributed by atoms with Crippen molar-refractivity contribution >= 4 is 23.3 Å². The molecule has 0 aromatic carbocycles. The molecule has 1 amide bonds. The first kappa shape index (κ1) is 15.1. The van der Waals surface area contributed by atoms with Crippen LogP contribution >= 0.6 is 11.6 Å². The zero-order valence-electron chi connectivity index (χ0n) is 11.9. The quantitative estimate of drug-likeness (QED) is 0.814. The minimum atomic E-state index is -0.0965. The number of rotatable bonds is 5. The number of hydrogen-bond acceptors (Lipinski definition) is 4. The van der Waals surface area contributed by atoms with E-state index in [0.29, 0.717) is 29.0 Å². The maximum absolute atomic E-state index is 12.1. The molecule has 0 aliphatic carbocycles. The van der Waals surface area contributed by atoms with Gasteiger partial charge in [0.25, 0.3) is 5.91 Å². The highest BCUT2D eigenvalue weighted by molar-refractivity contribution is 6.29. The number of carbonyl (C=O) groups excluding carboxylic acids is 1. The van der Waals surface area contributed by atoms with Gasteiger partial charge in [-0.1, -0.05) is 18.5 Å². The monoisotopic (exact) mass is 296 g/mol. The molecule has 0 spiro atoms. The molecule has 1 aliphatic rings. The number of nitrogens with zero attached hydrogens (tertiary/aromatic N) is 2. The minimum Gasteiger partial charge on any atom is -0.373 e. The zero-order valence-corrected chi connectivity index (χ0v) is 12.7. The molecule has 1 atom stereocenters. The summed E-state index contributed by atoms with van der Waals surface area (Å²) in [6.45, 7) is 6.15. The van der Waals surface area contributed by atoms with Gasteiger partial charge < -0.3 is 15.5 Å². The summed E-state index contributed by atoms with van der Waals surface area (Å²) >= 11 is 5.90. The first-order valence-corrected chi connectivity index (χ1v) is 7.36. The highest BCUT2D eigenvalue weighted by atomic mass is 35.5. The van der Waals surface area contributed by atoms with Gasteiger partial charge in [-0.3, -0.25) is 4.79 Å². The largest absolute Gasteiger partial charge is 0.373 e. The second-order valence-electron chi connectivity index (χ2n) is 5.07. The molecule has 110 valence electrons. The summed E-state index contributed by atoms with van der Waals surface area (Å²) < 4.78 is 0. The van der Waals surface area contributed by atoms with Gasteiger partial charge in [-0.2, -0.15) is 0 Å². The van der Waals surface area contributed by atoms with Crippen molar-refractivity contribution in [3.8, 4) is 0 Å². The second-order valence-corrected chi connectivity index (χ2v) is 5.46. The molecule has 0 bridgehead atoms. The Kier molecular flexibility index (Phi) is 5.20. The highest BCUT2D eigenvalue weighted by Gasteiger charge is 2.21. The maximum atomic E-state index is 12.1. The third-order valence-corrected chi connectivity index (χ3v) is 3.87. The fourth-order valence-electron chi connectivity index (χ4n) is 2.46. The number of hydrogen-bond donors (Lipinski definition) is 2. The first-order valence-electron chi connectivity index (χ1n) is 6.98. The molecule has 2 rings (SSSR count). The van der Waals surface area contributed by atoms with Crippen molar-refractivity contribution in [2.24, 2.45) is 5.92 Å². The van der Waals surface area contributed by atoms with Gasteiger partial charge in [-0.05, 0) is 37.6 Å². The van der Waals surface area contributed by atoms with Crippen molar-refractivity contribution < 1.29 is 4.79 Å². The number of pyridine rings is 1. The van der Waals surface area contributed by atoms with Crippen molar-refractivity contribution in [2.75, 3.05) is 38.5 Å². The molecule has 2 N–H and O–H groups in total. The zero-order chi connectivity index (χ0) is 14.5. The van der Waals surface area contributed by atoms with Gasteiger partial charge >= 0.3 is 0 Å². The first-order chi connectivity index (χ1) is 9.62. The number of likely N-dealkylation sites (tertiary alicyclic amines) is 1. The third-order valence-electron chi connectivity index (χ3n) is 3.68. The predicted octanol–water partition coefficient (Wildman–Crippen LogP) is 1.85. The Hall–Kier alpha value is -1.33. The van der Waals surface area contributed by atoms with Crippen LogP contribution in [0, 0.1) is 5.92 Å². The van der Waals surface area contributed by atoms with Gasteiger partial charge in [-0.15, -0.1) is 0 Å². The lowest BCUT2D eigenvalue weighted by molar-refractivity contribution is 0.0947. The SMILES string of the molecule is CCN1CCC(CNC(=O)c2cc(Cl)nc(NC)c2)C1. The van der Waals surface area contributed by atoms with E-state index in [0.717, 1.165) is 26.1 Å². The summed E-state index contributed by atoms with van der Waals surface area (Å²) in [5, 5.41) is 6.20. The Balaban J connectivity index is 1.90. The maximum Gasteiger partial charge on any atom is 0.251 e. The van der Waals surface area contributed by atoms with Gasteiger partial charge in [-0.25, -0.2) is 4.98 Å². The van der Waals surface area contributed by atoms with Crippen LogP contribution in [-0.4, -0.2) is 49.0 Å². The summed E-state index contributed by atoms with van der Waals surface area (Å²) in [6, 6.07) is 3.29. The fourth-order valence-corrected chi connectivity index (χ4v) is 2.67. The summed E-state index contributed by atoms with van der Waals surface area (Å²) in [4.78, 5) is 18.6. The van der Waals surface area contributed by atoms with E-state index in [1.54, 1.807) is 19.2 Å². The number of aromatic nitrogens is 1. The predicted molar refractivity (Wildman–Crippen MR) is 81.3 cm³/mol. The highest BCUT2D eigenvalue weighted by Crippen LogP contribution is 2.16. The number of anilines is 1. The van der Waals surface area contributed by atoms with Gasteiger partial charge in [0, 0.05) is 25.7 Å². The van der Waals surface area contributed by atoms with Gasteiger partial charge in [0.1, 0.15) is 11.0 Å². The van der Waals surface area contributed by atoms with E-state index in [4.69, 9.17) is 11.6 Å². The summed E-state index contributed by atoms with van der Waals surface area (Å²) in [5.74, 6) is 1.04. The number of carbonyl (C=O) groups is 1. The molecular formula is C14H21ClN4O. The van der Waals surface area contributed by atoms with Crippen LogP contribution in [0.5, 0.6) is 0 Å². The molecule has 0 saturated carbocycles. The molecule has 1 unspecified atom stereocenters. The van der Waals surface area contributed by atoms with Crippen molar-refractivity contribution in [1.82, 2.24) is 15.2 Å². The van der Waals surface area contributed by atoms with Crippen LogP contribution in [0.15, 0.2) is 12.1 Å². The van der Waals surface area contributed by atoms with E-state index in [2.05, 4.69) is 27.4 Å². The van der Waals surface area contributed by atoms with Crippen molar-refractivity contribution in [1.29, 1.82) is 0 Å². The van der Waals surface area contributed by atoms with Crippen LogP contribution in [0.1, 0.15) is 23.7 Å². The van der Waals surface area contributed by atoms with E-state index in [-0.39, 0.29) is 5.91 Å². The van der Waals surface area contributed by atoms with Crippen LogP contribution in [0.25, 0.3) is 0 Å². The summed E-state index contributed by atoms with van der Waals surface area (Å²) in [7, 11) is 1.75. The lowest BCUT2D eigenvalue weighted by Crippen LogP contribution is -2.31. The molecule has 1 saturated heterocycles. The van der Waals surface area contributed by atoms with E-state index in [9.17, 15) is 4.79 Å². The number of amides is 1. The lowest BCUT2D eigenvalue weighted by atomic mass is 10.1. The van der Waals surface area contributed by atoms with Crippen LogP contribution < -0.4 is 10.6 Å². The molecule has 5 nitrogen and oxygen atoms in total. The average Bonchev–Trinajstić information content (AvgIpc) is 2.92. The van der Waals surface area contributed by atoms with Crippen molar-refractivity contribution in [3.05, 3.63) is 22.8 Å². The Morgan fingerprint density at radius 1 is 1.55 bits per heavy atom. The minimum absolute atomic E-state index is 0.0965. The van der Waals surface area contributed by atoms with Gasteiger partial charge in [0.15, 0.2) is 0 Å². The standard InChI is InChI=1S/C14H21ClN4O/c1-3-19-5-4-10(9-19)8-17-14(20)11-6-12(15)18-13(7-11)16-2/h6-7,10H,3-5,8-9H2,1-2H3,(H,16,18)(H,17,20). The summed E-state index contributed by atoms with van der Waals surface area (Å²) in [6.07, 6.45) is 1.15. The second kappa shape index (κ2) is 6.90. The molecule has 1 aliphatic heterocycles. The molecule has 1 aromatic rings.